The molecule has 0 saturated carbocycles. The number of nitrogens with one attached hydrogen (secondary N) is 1. The minimum absolute atomic E-state index is 0.000969. The van der Waals surface area contributed by atoms with Gasteiger partial charge in [0, 0.05) is 18.1 Å². The van der Waals surface area contributed by atoms with Crippen LogP contribution in [0.2, 0.25) is 0 Å². The molecule has 1 rings (SSSR count). The second-order valence-electron chi connectivity index (χ2n) is 5.72. The number of hydrogen-bond acceptors (Lipinski definition) is 4. The highest BCUT2D eigenvalue weighted by atomic mass is 16.5. The smallest absolute Gasteiger partial charge is 0.234 e. The summed E-state index contributed by atoms with van der Waals surface area (Å²) in [6, 6.07) is 7.79. The van der Waals surface area contributed by atoms with Crippen LogP contribution in [0.1, 0.15) is 32.4 Å². The molecule has 2 atom stereocenters. The number of likely N-dealkylation sites (N-methyl/N-ethyl adjacent to an activating group) is 1. The minimum Gasteiger partial charge on any atom is -0.497 e. The number of methoxy groups -OCH3 is 1. The first-order valence-electron chi connectivity index (χ1n) is 7.24. The Labute approximate surface area is 127 Å². The lowest BCUT2D eigenvalue weighted by Crippen LogP contribution is -2.44. The number of nitrogens with zero attached hydrogens (tertiary/aromatic N) is 1. The Kier molecular flexibility index (Phi) is 6.65. The summed E-state index contributed by atoms with van der Waals surface area (Å²) in [6.45, 7) is 6.15. The maximum absolute atomic E-state index is 11.9. The van der Waals surface area contributed by atoms with E-state index in [-0.39, 0.29) is 24.0 Å². The molecule has 0 bridgehead atoms. The summed E-state index contributed by atoms with van der Waals surface area (Å²) in [4.78, 5) is 13.9. The van der Waals surface area contributed by atoms with Crippen molar-refractivity contribution < 1.29 is 9.53 Å². The standard InChI is InChI=1S/C16H27N3O2/c1-11(2)18-15(20)10-19(4)16(12(3)17)13-7-6-8-14(9-13)21-5/h6-9,11-12,16H,10,17H2,1-5H3,(H,18,20). The molecule has 0 heterocycles. The lowest BCUT2D eigenvalue weighted by molar-refractivity contribution is -0.123. The molecule has 0 aliphatic rings. The Morgan fingerprint density at radius 1 is 1.38 bits per heavy atom. The lowest BCUT2D eigenvalue weighted by atomic mass is 9.99. The van der Waals surface area contributed by atoms with Crippen LogP contribution in [0.4, 0.5) is 0 Å². The molecule has 0 saturated heterocycles. The van der Waals surface area contributed by atoms with E-state index in [0.29, 0.717) is 6.54 Å². The Hall–Kier alpha value is -1.59. The lowest BCUT2D eigenvalue weighted by Gasteiger charge is -2.31. The highest BCUT2D eigenvalue weighted by Gasteiger charge is 2.23. The van der Waals surface area contributed by atoms with E-state index in [1.54, 1.807) is 7.11 Å². The van der Waals surface area contributed by atoms with Gasteiger partial charge in [-0.15, -0.1) is 0 Å². The number of carbonyl (C=O) groups excluding carboxylic acids is 1. The van der Waals surface area contributed by atoms with Gasteiger partial charge in [0.25, 0.3) is 0 Å². The SMILES string of the molecule is COc1cccc(C(C(C)N)N(C)CC(=O)NC(C)C)c1. The predicted octanol–water partition coefficient (Wildman–Crippen LogP) is 1.54. The second kappa shape index (κ2) is 8.00. The molecule has 0 aliphatic carbocycles. The molecule has 2 unspecified atom stereocenters. The van der Waals surface area contributed by atoms with E-state index in [1.165, 1.54) is 0 Å². The third-order valence-corrected chi connectivity index (χ3v) is 3.25. The first-order valence-corrected chi connectivity index (χ1v) is 7.24. The normalized spacial score (nSPS) is 14.1. The maximum atomic E-state index is 11.9. The van der Waals surface area contributed by atoms with Gasteiger partial charge in [0.2, 0.25) is 5.91 Å². The molecule has 5 nitrogen and oxygen atoms in total. The zero-order chi connectivity index (χ0) is 16.0. The van der Waals surface area contributed by atoms with Gasteiger partial charge in [0.1, 0.15) is 5.75 Å². The summed E-state index contributed by atoms with van der Waals surface area (Å²) < 4.78 is 5.26. The van der Waals surface area contributed by atoms with Crippen LogP contribution in [-0.2, 0) is 4.79 Å². The van der Waals surface area contributed by atoms with E-state index >= 15 is 0 Å². The summed E-state index contributed by atoms with van der Waals surface area (Å²) >= 11 is 0. The monoisotopic (exact) mass is 293 g/mol. The topological polar surface area (TPSA) is 67.6 Å². The van der Waals surface area contributed by atoms with Gasteiger partial charge < -0.3 is 15.8 Å². The van der Waals surface area contributed by atoms with Gasteiger partial charge in [-0.3, -0.25) is 9.69 Å². The summed E-state index contributed by atoms with van der Waals surface area (Å²) in [5.41, 5.74) is 7.17. The molecular formula is C16H27N3O2. The van der Waals surface area contributed by atoms with Crippen LogP contribution >= 0.6 is 0 Å². The zero-order valence-corrected chi connectivity index (χ0v) is 13.6. The van der Waals surface area contributed by atoms with Crippen LogP contribution in [-0.4, -0.2) is 43.6 Å². The third kappa shape index (κ3) is 5.36. The highest BCUT2D eigenvalue weighted by molar-refractivity contribution is 5.78. The molecule has 5 heteroatoms. The van der Waals surface area contributed by atoms with Crippen molar-refractivity contribution in [2.75, 3.05) is 20.7 Å². The van der Waals surface area contributed by atoms with Crippen molar-refractivity contribution in [1.29, 1.82) is 0 Å². The van der Waals surface area contributed by atoms with Crippen molar-refractivity contribution in [3.8, 4) is 5.75 Å². The number of rotatable bonds is 7. The van der Waals surface area contributed by atoms with Crippen LogP contribution < -0.4 is 15.8 Å². The Bertz CT molecular complexity index is 461. The summed E-state index contributed by atoms with van der Waals surface area (Å²) in [5, 5.41) is 2.90. The maximum Gasteiger partial charge on any atom is 0.234 e. The van der Waals surface area contributed by atoms with E-state index in [2.05, 4.69) is 5.32 Å². The van der Waals surface area contributed by atoms with Gasteiger partial charge in [0.15, 0.2) is 0 Å². The molecule has 0 spiro atoms. The number of nitrogens with two attached hydrogens (primary N) is 1. The van der Waals surface area contributed by atoms with Gasteiger partial charge in [-0.2, -0.15) is 0 Å². The summed E-state index contributed by atoms with van der Waals surface area (Å²) in [6.07, 6.45) is 0. The van der Waals surface area contributed by atoms with Crippen LogP contribution in [0, 0.1) is 0 Å². The Balaban J connectivity index is 2.87. The van der Waals surface area contributed by atoms with Crippen molar-refractivity contribution in [2.45, 2.75) is 38.9 Å². The fourth-order valence-electron chi connectivity index (χ4n) is 2.48. The largest absolute Gasteiger partial charge is 0.497 e. The van der Waals surface area contributed by atoms with Crippen LogP contribution in [0.5, 0.6) is 5.75 Å². The van der Waals surface area contributed by atoms with Crippen molar-refractivity contribution in [2.24, 2.45) is 5.73 Å². The summed E-state index contributed by atoms with van der Waals surface area (Å²) in [7, 11) is 3.55. The van der Waals surface area contributed by atoms with Gasteiger partial charge in [-0.1, -0.05) is 12.1 Å². The average molecular weight is 293 g/mol. The number of ether oxygens (including phenoxy) is 1. The molecule has 1 aromatic rings. The minimum atomic E-state index is -0.103. The summed E-state index contributed by atoms with van der Waals surface area (Å²) in [5.74, 6) is 0.791. The van der Waals surface area contributed by atoms with Gasteiger partial charge in [0.05, 0.1) is 13.7 Å². The average Bonchev–Trinajstić information content (AvgIpc) is 2.37. The van der Waals surface area contributed by atoms with Crippen molar-refractivity contribution in [3.05, 3.63) is 29.8 Å². The number of hydrogen-bond donors (Lipinski definition) is 2. The van der Waals surface area contributed by atoms with E-state index in [9.17, 15) is 4.79 Å². The fraction of sp³-hybridized carbons (Fsp3) is 0.562. The number of carbonyl (C=O) groups is 1. The van der Waals surface area contributed by atoms with Gasteiger partial charge in [-0.05, 0) is 45.5 Å². The van der Waals surface area contributed by atoms with Crippen molar-refractivity contribution >= 4 is 5.91 Å². The third-order valence-electron chi connectivity index (χ3n) is 3.25. The molecule has 118 valence electrons. The van der Waals surface area contributed by atoms with Gasteiger partial charge in [-0.25, -0.2) is 0 Å². The van der Waals surface area contributed by atoms with Crippen LogP contribution in [0.25, 0.3) is 0 Å². The van der Waals surface area contributed by atoms with Crippen molar-refractivity contribution in [3.63, 3.8) is 0 Å². The molecule has 0 fully saturated rings. The predicted molar refractivity (Wildman–Crippen MR) is 85.3 cm³/mol. The molecule has 1 aromatic carbocycles. The van der Waals surface area contributed by atoms with E-state index in [0.717, 1.165) is 11.3 Å². The second-order valence-corrected chi connectivity index (χ2v) is 5.72. The molecule has 0 radical (unpaired) electrons. The number of amides is 1. The van der Waals surface area contributed by atoms with E-state index in [1.807, 2.05) is 57.0 Å². The molecule has 1 amide bonds. The molecular weight excluding hydrogens is 266 g/mol. The van der Waals surface area contributed by atoms with E-state index < -0.39 is 0 Å². The molecule has 0 aliphatic heterocycles. The molecule has 21 heavy (non-hydrogen) atoms. The first-order chi connectivity index (χ1) is 9.85. The highest BCUT2D eigenvalue weighted by Crippen LogP contribution is 2.25. The zero-order valence-electron chi connectivity index (χ0n) is 13.6. The van der Waals surface area contributed by atoms with Gasteiger partial charge >= 0.3 is 0 Å². The Morgan fingerprint density at radius 3 is 2.57 bits per heavy atom. The fourth-order valence-corrected chi connectivity index (χ4v) is 2.48. The van der Waals surface area contributed by atoms with E-state index in [4.69, 9.17) is 10.5 Å². The number of benzene rings is 1. The van der Waals surface area contributed by atoms with Crippen LogP contribution in [0.3, 0.4) is 0 Å². The van der Waals surface area contributed by atoms with Crippen molar-refractivity contribution in [1.82, 2.24) is 10.2 Å². The molecule has 0 aromatic heterocycles. The first kappa shape index (κ1) is 17.5. The van der Waals surface area contributed by atoms with Crippen LogP contribution in [0.15, 0.2) is 24.3 Å². The Morgan fingerprint density at radius 2 is 2.05 bits per heavy atom. The quantitative estimate of drug-likeness (QED) is 0.800. The molecule has 3 N–H and O–H groups in total.